The van der Waals surface area contributed by atoms with Gasteiger partial charge in [0, 0.05) is 38.8 Å². The van der Waals surface area contributed by atoms with Crippen molar-refractivity contribution in [2.75, 3.05) is 44.2 Å². The van der Waals surface area contributed by atoms with Crippen molar-refractivity contribution in [2.24, 2.45) is 11.3 Å². The van der Waals surface area contributed by atoms with Gasteiger partial charge >= 0.3 is 6.03 Å². The Morgan fingerprint density at radius 3 is 2.43 bits per heavy atom. The zero-order valence-corrected chi connectivity index (χ0v) is 13.7. The minimum Gasteiger partial charge on any atom is -0.323 e. The first kappa shape index (κ1) is 15.1. The van der Waals surface area contributed by atoms with Gasteiger partial charge in [0.2, 0.25) is 0 Å². The zero-order valence-electron chi connectivity index (χ0n) is 12.8. The standard InChI is InChI=1S/C14H25N3O3S/c1-14(2)7-11-8-15-12(14)10-17(9-11)13(18)16-3-5-21(19,20)6-4-16/h11-12,15H,3-10H2,1-2H3/t11-,12+/m1/s1. The molecule has 21 heavy (non-hydrogen) atoms. The summed E-state index contributed by atoms with van der Waals surface area (Å²) in [5.74, 6) is 0.697. The van der Waals surface area contributed by atoms with Crippen LogP contribution in [-0.4, -0.2) is 74.5 Å². The van der Waals surface area contributed by atoms with E-state index in [1.807, 2.05) is 4.90 Å². The number of nitrogens with one attached hydrogen (secondary N) is 1. The smallest absolute Gasteiger partial charge is 0.320 e. The summed E-state index contributed by atoms with van der Waals surface area (Å²) in [5, 5.41) is 3.56. The monoisotopic (exact) mass is 315 g/mol. The minimum atomic E-state index is -2.94. The molecule has 6 nitrogen and oxygen atoms in total. The van der Waals surface area contributed by atoms with Crippen molar-refractivity contribution in [2.45, 2.75) is 26.3 Å². The lowest BCUT2D eigenvalue weighted by atomic mass is 9.75. The Kier molecular flexibility index (Phi) is 3.68. The SMILES string of the molecule is CC1(C)C[C@@H]2CN[C@H]1CN(C(=O)N1CCS(=O)(=O)CC1)C2. The van der Waals surface area contributed by atoms with E-state index in [1.54, 1.807) is 4.90 Å². The molecule has 4 heterocycles. The number of amides is 2. The number of carbonyl (C=O) groups excluding carboxylic acids is 1. The summed E-state index contributed by atoms with van der Waals surface area (Å²) in [5.41, 5.74) is 0.211. The van der Waals surface area contributed by atoms with E-state index in [-0.39, 0.29) is 23.0 Å². The Balaban J connectivity index is 1.69. The normalized spacial score (nSPS) is 34.6. The van der Waals surface area contributed by atoms with Gasteiger partial charge in [-0.3, -0.25) is 0 Å². The fraction of sp³-hybridized carbons (Fsp3) is 0.929. The number of nitrogens with zero attached hydrogens (tertiary/aromatic N) is 2. The average Bonchev–Trinajstić information content (AvgIpc) is 2.66. The van der Waals surface area contributed by atoms with E-state index >= 15 is 0 Å². The molecule has 4 aliphatic rings. The molecule has 4 aliphatic heterocycles. The Hall–Kier alpha value is -0.820. The molecule has 1 N–H and O–H groups in total. The van der Waals surface area contributed by atoms with Gasteiger partial charge in [-0.2, -0.15) is 0 Å². The van der Waals surface area contributed by atoms with Gasteiger partial charge in [0.25, 0.3) is 0 Å². The number of urea groups is 1. The van der Waals surface area contributed by atoms with Gasteiger partial charge in [0.1, 0.15) is 0 Å². The van der Waals surface area contributed by atoms with Crippen LogP contribution in [0.4, 0.5) is 4.79 Å². The summed E-state index contributed by atoms with van der Waals surface area (Å²) in [6.07, 6.45) is 1.14. The highest BCUT2D eigenvalue weighted by Crippen LogP contribution is 2.37. The maximum atomic E-state index is 12.7. The Morgan fingerprint density at radius 2 is 1.81 bits per heavy atom. The van der Waals surface area contributed by atoms with Crippen LogP contribution in [0.15, 0.2) is 0 Å². The molecule has 2 amide bonds. The topological polar surface area (TPSA) is 69.7 Å². The lowest BCUT2D eigenvalue weighted by molar-refractivity contribution is 0.148. The first-order chi connectivity index (χ1) is 9.77. The molecule has 0 aromatic rings. The van der Waals surface area contributed by atoms with Crippen LogP contribution in [0.25, 0.3) is 0 Å². The molecule has 0 spiro atoms. The molecular weight excluding hydrogens is 290 g/mol. The number of sulfone groups is 1. The molecule has 4 rings (SSSR count). The summed E-state index contributed by atoms with van der Waals surface area (Å²) in [6, 6.07) is 0.343. The second-order valence-electron chi connectivity index (χ2n) is 7.35. The average molecular weight is 315 g/mol. The van der Waals surface area contributed by atoms with E-state index in [0.29, 0.717) is 25.0 Å². The summed E-state index contributed by atoms with van der Waals surface area (Å²) in [4.78, 5) is 16.3. The summed E-state index contributed by atoms with van der Waals surface area (Å²) >= 11 is 0. The number of hydrogen-bond acceptors (Lipinski definition) is 4. The molecule has 7 heteroatoms. The Morgan fingerprint density at radius 1 is 1.14 bits per heavy atom. The molecule has 0 aromatic heterocycles. The van der Waals surface area contributed by atoms with E-state index in [4.69, 9.17) is 0 Å². The fourth-order valence-corrected chi connectivity index (χ4v) is 5.05. The molecule has 2 bridgehead atoms. The predicted molar refractivity (Wildman–Crippen MR) is 80.9 cm³/mol. The molecule has 4 saturated heterocycles. The van der Waals surface area contributed by atoms with Crippen molar-refractivity contribution in [3.05, 3.63) is 0 Å². The van der Waals surface area contributed by atoms with Crippen LogP contribution in [0, 0.1) is 11.3 Å². The van der Waals surface area contributed by atoms with Crippen LogP contribution in [0.3, 0.4) is 0 Å². The molecule has 0 aromatic carbocycles. The molecule has 120 valence electrons. The number of piperidine rings is 1. The van der Waals surface area contributed by atoms with Crippen molar-refractivity contribution in [3.8, 4) is 0 Å². The minimum absolute atomic E-state index is 0.0151. The van der Waals surface area contributed by atoms with Gasteiger partial charge in [-0.05, 0) is 17.8 Å². The zero-order chi connectivity index (χ0) is 15.3. The third-order valence-electron chi connectivity index (χ3n) is 5.18. The number of fused-ring (bicyclic) bond motifs is 4. The summed E-state index contributed by atoms with van der Waals surface area (Å²) in [6.45, 7) is 7.69. The van der Waals surface area contributed by atoms with Crippen molar-refractivity contribution in [1.29, 1.82) is 0 Å². The third-order valence-corrected chi connectivity index (χ3v) is 6.79. The second kappa shape index (κ2) is 5.12. The molecule has 0 aliphatic carbocycles. The van der Waals surface area contributed by atoms with E-state index in [2.05, 4.69) is 19.2 Å². The van der Waals surface area contributed by atoms with Crippen LogP contribution >= 0.6 is 0 Å². The molecule has 2 atom stereocenters. The van der Waals surface area contributed by atoms with Crippen molar-refractivity contribution < 1.29 is 13.2 Å². The highest BCUT2D eigenvalue weighted by atomic mass is 32.2. The lowest BCUT2D eigenvalue weighted by Crippen LogP contribution is -2.53. The number of rotatable bonds is 0. The molecule has 0 saturated carbocycles. The van der Waals surface area contributed by atoms with Gasteiger partial charge in [-0.1, -0.05) is 13.8 Å². The van der Waals surface area contributed by atoms with Gasteiger partial charge < -0.3 is 15.1 Å². The third kappa shape index (κ3) is 3.04. The van der Waals surface area contributed by atoms with Gasteiger partial charge in [0.05, 0.1) is 11.5 Å². The van der Waals surface area contributed by atoms with Crippen LogP contribution in [-0.2, 0) is 9.84 Å². The second-order valence-corrected chi connectivity index (χ2v) is 9.65. The Bertz CT molecular complexity index is 518. The first-order valence-corrected chi connectivity index (χ1v) is 9.57. The maximum absolute atomic E-state index is 12.7. The predicted octanol–water partition coefficient (Wildman–Crippen LogP) is 0.157. The van der Waals surface area contributed by atoms with E-state index < -0.39 is 9.84 Å². The Labute approximate surface area is 126 Å². The molecular formula is C14H25N3O3S. The summed E-state index contributed by atoms with van der Waals surface area (Å²) < 4.78 is 23.0. The molecule has 0 unspecified atom stereocenters. The van der Waals surface area contributed by atoms with E-state index in [0.717, 1.165) is 26.1 Å². The number of carbonyl (C=O) groups is 1. The molecule has 4 fully saturated rings. The van der Waals surface area contributed by atoms with E-state index in [1.165, 1.54) is 0 Å². The van der Waals surface area contributed by atoms with Crippen LogP contribution in [0.5, 0.6) is 0 Å². The van der Waals surface area contributed by atoms with Gasteiger partial charge in [-0.15, -0.1) is 0 Å². The molecule has 0 radical (unpaired) electrons. The van der Waals surface area contributed by atoms with Crippen molar-refractivity contribution in [3.63, 3.8) is 0 Å². The maximum Gasteiger partial charge on any atom is 0.320 e. The lowest BCUT2D eigenvalue weighted by Gasteiger charge is -2.39. The van der Waals surface area contributed by atoms with Crippen LogP contribution in [0.1, 0.15) is 20.3 Å². The highest BCUT2D eigenvalue weighted by Gasteiger charge is 2.43. The largest absolute Gasteiger partial charge is 0.323 e. The van der Waals surface area contributed by atoms with Crippen LogP contribution < -0.4 is 5.32 Å². The quantitative estimate of drug-likeness (QED) is 0.691. The fourth-order valence-electron chi connectivity index (χ4n) is 3.85. The van der Waals surface area contributed by atoms with Crippen molar-refractivity contribution in [1.82, 2.24) is 15.1 Å². The highest BCUT2D eigenvalue weighted by molar-refractivity contribution is 7.91. The van der Waals surface area contributed by atoms with Gasteiger partial charge in [0.15, 0.2) is 9.84 Å². The van der Waals surface area contributed by atoms with Crippen molar-refractivity contribution >= 4 is 15.9 Å². The number of hydrogen-bond donors (Lipinski definition) is 1. The van der Waals surface area contributed by atoms with Crippen LogP contribution in [0.2, 0.25) is 0 Å². The first-order valence-electron chi connectivity index (χ1n) is 7.74. The summed E-state index contributed by atoms with van der Waals surface area (Å²) in [7, 11) is -2.94. The van der Waals surface area contributed by atoms with Gasteiger partial charge in [-0.25, -0.2) is 13.2 Å². The van der Waals surface area contributed by atoms with E-state index in [9.17, 15) is 13.2 Å².